The first-order chi connectivity index (χ1) is 8.70. The molecule has 0 bridgehead atoms. The van der Waals surface area contributed by atoms with E-state index in [0.29, 0.717) is 10.6 Å². The number of halogens is 1. The van der Waals surface area contributed by atoms with Gasteiger partial charge in [0.2, 0.25) is 5.91 Å². The number of carbonyl (C=O) groups excluding carboxylic acids is 1. The fraction of sp³-hybridized carbons (Fsp3) is 0.357. The van der Waals surface area contributed by atoms with Gasteiger partial charge in [-0.2, -0.15) is 0 Å². The Hall–Kier alpha value is -1.50. The number of hydrogen-bond acceptors (Lipinski definition) is 2. The zero-order valence-electron chi connectivity index (χ0n) is 10.0. The summed E-state index contributed by atoms with van der Waals surface area (Å²) in [5.74, 6) is 5.89. The van der Waals surface area contributed by atoms with Crippen molar-refractivity contribution in [3.63, 3.8) is 0 Å². The van der Waals surface area contributed by atoms with Crippen molar-refractivity contribution in [1.82, 2.24) is 0 Å². The van der Waals surface area contributed by atoms with Gasteiger partial charge in [0.1, 0.15) is 0 Å². The van der Waals surface area contributed by atoms with Crippen molar-refractivity contribution in [3.8, 4) is 11.8 Å². The van der Waals surface area contributed by atoms with E-state index in [0.717, 1.165) is 24.9 Å². The van der Waals surface area contributed by atoms with Crippen molar-refractivity contribution in [3.05, 3.63) is 28.8 Å². The molecule has 3 nitrogen and oxygen atoms in total. The van der Waals surface area contributed by atoms with Crippen molar-refractivity contribution in [1.29, 1.82) is 0 Å². The predicted molar refractivity (Wildman–Crippen MR) is 73.4 cm³/mol. The number of nitrogens with one attached hydrogen (secondary N) is 1. The van der Waals surface area contributed by atoms with Crippen LogP contribution in [0.15, 0.2) is 18.2 Å². The first kappa shape index (κ1) is 12.9. The summed E-state index contributed by atoms with van der Waals surface area (Å²) in [6.07, 6.45) is 3.12. The normalized spacial score (nSPS) is 14.3. The van der Waals surface area contributed by atoms with Crippen LogP contribution < -0.4 is 11.1 Å². The molecule has 0 unspecified atom stereocenters. The lowest BCUT2D eigenvalue weighted by Crippen LogP contribution is -2.28. The highest BCUT2D eigenvalue weighted by Crippen LogP contribution is 2.28. The molecule has 0 spiro atoms. The molecule has 1 amide bonds. The third-order valence-electron chi connectivity index (χ3n) is 3.03. The first-order valence-corrected chi connectivity index (χ1v) is 6.38. The van der Waals surface area contributed by atoms with Crippen LogP contribution in [0.5, 0.6) is 0 Å². The van der Waals surface area contributed by atoms with E-state index in [1.165, 1.54) is 0 Å². The molecule has 0 atom stereocenters. The molecular weight excluding hydrogens is 248 g/mol. The summed E-state index contributed by atoms with van der Waals surface area (Å²) in [4.78, 5) is 11.8. The topological polar surface area (TPSA) is 55.1 Å². The summed E-state index contributed by atoms with van der Waals surface area (Å²) in [5.41, 5.74) is 6.75. The van der Waals surface area contributed by atoms with Crippen LogP contribution in [0, 0.1) is 17.8 Å². The Bertz CT molecular complexity index is 512. The fourth-order valence-corrected chi connectivity index (χ4v) is 1.92. The van der Waals surface area contributed by atoms with Gasteiger partial charge in [0.05, 0.1) is 11.6 Å². The molecule has 0 aromatic heterocycles. The van der Waals surface area contributed by atoms with Gasteiger partial charge in [-0.1, -0.05) is 29.9 Å². The van der Waals surface area contributed by atoms with Crippen molar-refractivity contribution in [2.45, 2.75) is 19.3 Å². The lowest BCUT2D eigenvalue weighted by Gasteiger charge is -2.24. The molecule has 18 heavy (non-hydrogen) atoms. The van der Waals surface area contributed by atoms with E-state index < -0.39 is 0 Å². The summed E-state index contributed by atoms with van der Waals surface area (Å²) in [6, 6.07) is 5.30. The van der Waals surface area contributed by atoms with Crippen molar-refractivity contribution in [2.75, 3.05) is 11.9 Å². The number of anilines is 1. The minimum Gasteiger partial charge on any atom is -0.326 e. The van der Waals surface area contributed by atoms with E-state index in [2.05, 4.69) is 17.2 Å². The number of nitrogens with two attached hydrogens (primary N) is 1. The maximum Gasteiger partial charge on any atom is 0.227 e. The number of hydrogen-bond donors (Lipinski definition) is 2. The highest BCUT2D eigenvalue weighted by Gasteiger charge is 2.25. The summed E-state index contributed by atoms with van der Waals surface area (Å²) in [5, 5.41) is 3.46. The van der Waals surface area contributed by atoms with Crippen LogP contribution in [-0.4, -0.2) is 12.5 Å². The number of benzene rings is 1. The molecule has 0 aliphatic heterocycles. The quantitative estimate of drug-likeness (QED) is 0.804. The third kappa shape index (κ3) is 3.04. The minimum absolute atomic E-state index is 0.0845. The molecule has 1 saturated carbocycles. The molecule has 3 N–H and O–H groups in total. The van der Waals surface area contributed by atoms with Crippen LogP contribution in [0.3, 0.4) is 0 Å². The van der Waals surface area contributed by atoms with Gasteiger partial charge < -0.3 is 11.1 Å². The zero-order valence-corrected chi connectivity index (χ0v) is 10.8. The maximum atomic E-state index is 11.8. The highest BCUT2D eigenvalue weighted by atomic mass is 35.5. The summed E-state index contributed by atoms with van der Waals surface area (Å²) in [6.45, 7) is 0.287. The van der Waals surface area contributed by atoms with E-state index in [-0.39, 0.29) is 18.4 Å². The van der Waals surface area contributed by atoms with E-state index in [4.69, 9.17) is 17.3 Å². The smallest absolute Gasteiger partial charge is 0.227 e. The SMILES string of the molecule is NCC#Cc1cc(NC(=O)C2CCC2)ccc1Cl. The molecule has 1 fully saturated rings. The molecule has 94 valence electrons. The van der Waals surface area contributed by atoms with Crippen LogP contribution in [0.2, 0.25) is 5.02 Å². The second kappa shape index (κ2) is 5.90. The van der Waals surface area contributed by atoms with Crippen molar-refractivity contribution >= 4 is 23.2 Å². The van der Waals surface area contributed by atoms with Crippen LogP contribution in [0.4, 0.5) is 5.69 Å². The Morgan fingerprint density at radius 3 is 2.89 bits per heavy atom. The summed E-state index contributed by atoms with van der Waals surface area (Å²) >= 11 is 6.01. The van der Waals surface area contributed by atoms with E-state index >= 15 is 0 Å². The van der Waals surface area contributed by atoms with E-state index in [1.54, 1.807) is 18.2 Å². The molecule has 0 heterocycles. The molecular formula is C14H15ClN2O. The second-order valence-electron chi connectivity index (χ2n) is 4.32. The predicted octanol–water partition coefficient (Wildman–Crippen LogP) is 2.39. The first-order valence-electron chi connectivity index (χ1n) is 6.00. The van der Waals surface area contributed by atoms with Crippen LogP contribution in [0.1, 0.15) is 24.8 Å². The fourth-order valence-electron chi connectivity index (χ4n) is 1.76. The van der Waals surface area contributed by atoms with Gasteiger partial charge in [0.15, 0.2) is 0 Å². The maximum absolute atomic E-state index is 11.8. The third-order valence-corrected chi connectivity index (χ3v) is 3.36. The average Bonchev–Trinajstić information content (AvgIpc) is 2.27. The van der Waals surface area contributed by atoms with Gasteiger partial charge in [-0.3, -0.25) is 4.79 Å². The van der Waals surface area contributed by atoms with Gasteiger partial charge in [-0.15, -0.1) is 0 Å². The van der Waals surface area contributed by atoms with Gasteiger partial charge in [0.25, 0.3) is 0 Å². The Kier molecular flexibility index (Phi) is 4.24. The molecule has 1 aliphatic rings. The molecule has 0 saturated heterocycles. The number of carbonyl (C=O) groups is 1. The van der Waals surface area contributed by atoms with Gasteiger partial charge in [-0.25, -0.2) is 0 Å². The molecule has 2 rings (SSSR count). The molecule has 1 aliphatic carbocycles. The van der Waals surface area contributed by atoms with E-state index in [1.807, 2.05) is 0 Å². The average molecular weight is 263 g/mol. The van der Waals surface area contributed by atoms with Crippen molar-refractivity contribution < 1.29 is 4.79 Å². The molecule has 1 aromatic carbocycles. The second-order valence-corrected chi connectivity index (χ2v) is 4.72. The Morgan fingerprint density at radius 1 is 1.50 bits per heavy atom. The molecule has 0 radical (unpaired) electrons. The molecule has 1 aromatic rings. The highest BCUT2D eigenvalue weighted by molar-refractivity contribution is 6.31. The van der Waals surface area contributed by atoms with Crippen LogP contribution >= 0.6 is 11.6 Å². The minimum atomic E-state index is 0.0845. The number of amides is 1. The van der Waals surface area contributed by atoms with Gasteiger partial charge in [0, 0.05) is 17.2 Å². The zero-order chi connectivity index (χ0) is 13.0. The van der Waals surface area contributed by atoms with E-state index in [9.17, 15) is 4.79 Å². The monoisotopic (exact) mass is 262 g/mol. The number of rotatable bonds is 2. The Balaban J connectivity index is 2.11. The summed E-state index contributed by atoms with van der Waals surface area (Å²) in [7, 11) is 0. The van der Waals surface area contributed by atoms with Crippen molar-refractivity contribution in [2.24, 2.45) is 11.7 Å². The lowest BCUT2D eigenvalue weighted by atomic mass is 9.85. The van der Waals surface area contributed by atoms with Gasteiger partial charge >= 0.3 is 0 Å². The van der Waals surface area contributed by atoms with Crippen LogP contribution in [0.25, 0.3) is 0 Å². The molecule has 4 heteroatoms. The lowest BCUT2D eigenvalue weighted by molar-refractivity contribution is -0.122. The Labute approximate surface area is 112 Å². The standard InChI is InChI=1S/C14H15ClN2O/c15-13-7-6-12(9-11(13)5-2-8-16)17-14(18)10-3-1-4-10/h6-7,9-10H,1,3-4,8,16H2,(H,17,18). The van der Waals surface area contributed by atoms with Crippen LogP contribution in [-0.2, 0) is 4.79 Å². The largest absolute Gasteiger partial charge is 0.326 e. The van der Waals surface area contributed by atoms with Gasteiger partial charge in [-0.05, 0) is 31.0 Å². The Morgan fingerprint density at radius 2 is 2.28 bits per heavy atom. The summed E-state index contributed by atoms with van der Waals surface area (Å²) < 4.78 is 0.